The van der Waals surface area contributed by atoms with Crippen molar-refractivity contribution in [3.05, 3.63) is 48.5 Å². The molecule has 2 aromatic rings. The first kappa shape index (κ1) is 21.8. The van der Waals surface area contributed by atoms with Crippen LogP contribution in [-0.2, 0) is 4.79 Å². The van der Waals surface area contributed by atoms with Crippen molar-refractivity contribution in [1.82, 2.24) is 4.90 Å². The summed E-state index contributed by atoms with van der Waals surface area (Å²) in [6.07, 6.45) is 3.31. The topological polar surface area (TPSA) is 38.8 Å². The average molecular weight is 413 g/mol. The van der Waals surface area contributed by atoms with Crippen LogP contribution < -0.4 is 20.1 Å². The molecule has 0 bridgehead atoms. The molecule has 0 N–H and O–H groups in total. The summed E-state index contributed by atoms with van der Waals surface area (Å²) in [5.41, 5.74) is 0.266. The van der Waals surface area contributed by atoms with Gasteiger partial charge in [0.2, 0.25) is 0 Å². The Bertz CT molecular complexity index is 778. The third-order valence-electron chi connectivity index (χ3n) is 6.35. The summed E-state index contributed by atoms with van der Waals surface area (Å²) in [5.74, 6) is 2.16. The summed E-state index contributed by atoms with van der Waals surface area (Å²) in [6, 6.07) is 16.8. The average Bonchev–Trinajstić information content (AvgIpc) is 3.17. The third-order valence-corrected chi connectivity index (χ3v) is 9.39. The van der Waals surface area contributed by atoms with Gasteiger partial charge in [0.05, 0.1) is 14.2 Å². The second kappa shape index (κ2) is 9.73. The fourth-order valence-electron chi connectivity index (χ4n) is 4.62. The van der Waals surface area contributed by atoms with Crippen molar-refractivity contribution in [1.29, 1.82) is 0 Å². The standard InChI is InChI=1S/C24H32NO3P/c1-17(25(2)3)18-14-15-22(19(18)16-26)29(23-12-8-6-10-20(23)27-4)24-13-9-7-11-21(24)28-5/h6-13,16-19,22H,14-15H2,1-5H3/t17-,18?,19?,22?/m1/s1. The molecule has 156 valence electrons. The summed E-state index contributed by atoms with van der Waals surface area (Å²) in [4.78, 5) is 14.6. The van der Waals surface area contributed by atoms with Gasteiger partial charge in [0, 0.05) is 22.6 Å². The number of hydrogen-bond acceptors (Lipinski definition) is 4. The van der Waals surface area contributed by atoms with E-state index in [0.29, 0.717) is 12.0 Å². The van der Waals surface area contributed by atoms with E-state index in [0.717, 1.165) is 24.3 Å². The van der Waals surface area contributed by atoms with Crippen LogP contribution >= 0.6 is 7.92 Å². The quantitative estimate of drug-likeness (QED) is 0.489. The molecule has 4 nitrogen and oxygen atoms in total. The molecular weight excluding hydrogens is 381 g/mol. The van der Waals surface area contributed by atoms with Crippen LogP contribution in [0.5, 0.6) is 11.5 Å². The number of ether oxygens (including phenoxy) is 2. The predicted octanol–water partition coefficient (Wildman–Crippen LogP) is 3.68. The fourth-order valence-corrected chi connectivity index (χ4v) is 7.93. The van der Waals surface area contributed by atoms with E-state index in [4.69, 9.17) is 9.47 Å². The van der Waals surface area contributed by atoms with Crippen LogP contribution in [0.4, 0.5) is 0 Å². The Balaban J connectivity index is 2.12. The highest BCUT2D eigenvalue weighted by atomic mass is 31.1. The minimum Gasteiger partial charge on any atom is -0.496 e. The Kier molecular flexibility index (Phi) is 7.32. The van der Waals surface area contributed by atoms with E-state index in [1.165, 1.54) is 16.9 Å². The number of aldehydes is 1. The number of nitrogens with zero attached hydrogens (tertiary/aromatic N) is 1. The lowest BCUT2D eigenvalue weighted by molar-refractivity contribution is -0.112. The van der Waals surface area contributed by atoms with Crippen molar-refractivity contribution >= 4 is 24.8 Å². The number of benzene rings is 2. The van der Waals surface area contributed by atoms with Crippen LogP contribution in [0.3, 0.4) is 0 Å². The van der Waals surface area contributed by atoms with Gasteiger partial charge < -0.3 is 19.2 Å². The van der Waals surface area contributed by atoms with E-state index in [1.54, 1.807) is 14.2 Å². The monoisotopic (exact) mass is 413 g/mol. The van der Waals surface area contributed by atoms with Crippen molar-refractivity contribution in [2.75, 3.05) is 28.3 Å². The molecule has 0 amide bonds. The number of hydrogen-bond donors (Lipinski definition) is 0. The highest BCUT2D eigenvalue weighted by Gasteiger charge is 2.44. The summed E-state index contributed by atoms with van der Waals surface area (Å²) in [6.45, 7) is 2.23. The van der Waals surface area contributed by atoms with Crippen LogP contribution in [0, 0.1) is 11.8 Å². The summed E-state index contributed by atoms with van der Waals surface area (Å²) in [5, 5.41) is 2.37. The molecule has 0 saturated heterocycles. The van der Waals surface area contributed by atoms with E-state index < -0.39 is 7.92 Å². The lowest BCUT2D eigenvalue weighted by Crippen LogP contribution is -2.38. The summed E-state index contributed by atoms with van der Waals surface area (Å²) in [7, 11) is 6.82. The maximum Gasteiger partial charge on any atom is 0.126 e. The lowest BCUT2D eigenvalue weighted by Gasteiger charge is -2.34. The van der Waals surface area contributed by atoms with Crippen LogP contribution in [0.25, 0.3) is 0 Å². The number of para-hydroxylation sites is 2. The molecule has 3 unspecified atom stereocenters. The Hall–Kier alpha value is -1.90. The Morgan fingerprint density at radius 1 is 0.966 bits per heavy atom. The highest BCUT2D eigenvalue weighted by molar-refractivity contribution is 7.74. The van der Waals surface area contributed by atoms with Crippen molar-refractivity contribution in [3.63, 3.8) is 0 Å². The highest BCUT2D eigenvalue weighted by Crippen LogP contribution is 2.54. The smallest absolute Gasteiger partial charge is 0.126 e. The largest absolute Gasteiger partial charge is 0.496 e. The zero-order valence-electron chi connectivity index (χ0n) is 18.0. The SMILES string of the molecule is COc1ccccc1P(c1ccccc1OC)C1CCC([C@@H](C)N(C)C)C1C=O. The van der Waals surface area contributed by atoms with Gasteiger partial charge >= 0.3 is 0 Å². The first-order valence-electron chi connectivity index (χ1n) is 10.2. The van der Waals surface area contributed by atoms with Gasteiger partial charge in [-0.2, -0.15) is 0 Å². The molecule has 4 atom stereocenters. The van der Waals surface area contributed by atoms with Crippen molar-refractivity contribution in [3.8, 4) is 11.5 Å². The molecule has 1 saturated carbocycles. The van der Waals surface area contributed by atoms with Crippen LogP contribution in [-0.4, -0.2) is 51.2 Å². The molecule has 1 fully saturated rings. The van der Waals surface area contributed by atoms with E-state index in [9.17, 15) is 4.79 Å². The van der Waals surface area contributed by atoms with Gasteiger partial charge in [0.1, 0.15) is 17.8 Å². The summed E-state index contributed by atoms with van der Waals surface area (Å²) < 4.78 is 11.5. The molecule has 5 heteroatoms. The molecule has 1 aliphatic carbocycles. The molecular formula is C24H32NO3P. The zero-order chi connectivity index (χ0) is 21.0. The van der Waals surface area contributed by atoms with Gasteiger partial charge in [-0.1, -0.05) is 36.4 Å². The van der Waals surface area contributed by atoms with Gasteiger partial charge in [-0.05, 0) is 65.5 Å². The lowest BCUT2D eigenvalue weighted by atomic mass is 9.90. The molecule has 0 aliphatic heterocycles. The summed E-state index contributed by atoms with van der Waals surface area (Å²) >= 11 is 0. The second-order valence-corrected chi connectivity index (χ2v) is 10.3. The number of methoxy groups -OCH3 is 2. The second-order valence-electron chi connectivity index (χ2n) is 7.94. The van der Waals surface area contributed by atoms with Crippen LogP contribution in [0.1, 0.15) is 19.8 Å². The maximum atomic E-state index is 12.4. The van der Waals surface area contributed by atoms with Crippen LogP contribution in [0.15, 0.2) is 48.5 Å². The van der Waals surface area contributed by atoms with Gasteiger partial charge in [-0.3, -0.25) is 0 Å². The third kappa shape index (κ3) is 4.34. The normalized spacial score (nSPS) is 22.7. The predicted molar refractivity (Wildman–Crippen MR) is 121 cm³/mol. The van der Waals surface area contributed by atoms with E-state index in [1.807, 2.05) is 24.3 Å². The minimum absolute atomic E-state index is 0.0216. The molecule has 29 heavy (non-hydrogen) atoms. The molecule has 0 heterocycles. The zero-order valence-corrected chi connectivity index (χ0v) is 18.9. The molecule has 0 radical (unpaired) electrons. The van der Waals surface area contributed by atoms with E-state index in [-0.39, 0.29) is 11.6 Å². The first-order chi connectivity index (χ1) is 14.0. The Morgan fingerprint density at radius 2 is 1.48 bits per heavy atom. The van der Waals surface area contributed by atoms with Gasteiger partial charge in [0.25, 0.3) is 0 Å². The Morgan fingerprint density at radius 3 is 1.93 bits per heavy atom. The van der Waals surface area contributed by atoms with E-state index in [2.05, 4.69) is 50.2 Å². The Labute approximate surface area is 176 Å². The van der Waals surface area contributed by atoms with Gasteiger partial charge in [-0.25, -0.2) is 0 Å². The van der Waals surface area contributed by atoms with Crippen molar-refractivity contribution < 1.29 is 14.3 Å². The molecule has 1 aliphatic rings. The van der Waals surface area contributed by atoms with Gasteiger partial charge in [0.15, 0.2) is 0 Å². The number of carbonyl (C=O) groups is 1. The molecule has 2 aromatic carbocycles. The van der Waals surface area contributed by atoms with Crippen molar-refractivity contribution in [2.24, 2.45) is 11.8 Å². The molecule has 0 aromatic heterocycles. The van der Waals surface area contributed by atoms with E-state index >= 15 is 0 Å². The maximum absolute atomic E-state index is 12.4. The van der Waals surface area contributed by atoms with Crippen LogP contribution in [0.2, 0.25) is 0 Å². The van der Waals surface area contributed by atoms with Crippen molar-refractivity contribution in [2.45, 2.75) is 31.5 Å². The number of carbonyl (C=O) groups excluding carboxylic acids is 1. The minimum atomic E-state index is -0.821. The van der Waals surface area contributed by atoms with Gasteiger partial charge in [-0.15, -0.1) is 0 Å². The molecule has 3 rings (SSSR count). The first-order valence-corrected chi connectivity index (χ1v) is 11.6. The molecule has 0 spiro atoms. The number of rotatable bonds is 8. The fraction of sp³-hybridized carbons (Fsp3) is 0.458.